The number of ether oxygens (including phenoxy) is 1. The van der Waals surface area contributed by atoms with Crippen LogP contribution in [0.3, 0.4) is 0 Å². The molecule has 1 fully saturated rings. The number of carbonyl (C=O) groups excluding carboxylic acids is 2. The highest BCUT2D eigenvalue weighted by Gasteiger charge is 2.50. The molecule has 3 aromatic rings. The first kappa shape index (κ1) is 31.6. The molecule has 2 amide bonds. The number of pyridine rings is 2. The van der Waals surface area contributed by atoms with Crippen molar-refractivity contribution in [3.05, 3.63) is 63.7 Å². The van der Waals surface area contributed by atoms with Crippen LogP contribution in [0, 0.1) is 23.4 Å². The van der Waals surface area contributed by atoms with E-state index in [1.807, 2.05) is 5.32 Å². The molecule has 1 aromatic carbocycles. The van der Waals surface area contributed by atoms with E-state index in [9.17, 15) is 40.7 Å². The summed E-state index contributed by atoms with van der Waals surface area (Å²) in [6, 6.07) is 0.482. The molecule has 15 heteroatoms. The number of nitrogens with one attached hydrogen (secondary N) is 3. The minimum Gasteiger partial charge on any atom is -0.444 e. The van der Waals surface area contributed by atoms with Crippen molar-refractivity contribution in [3.8, 4) is 5.69 Å². The highest BCUT2D eigenvalue weighted by atomic mass is 19.4. The molecular weight excluding hydrogens is 584 g/mol. The Kier molecular flexibility index (Phi) is 8.65. The van der Waals surface area contributed by atoms with Crippen molar-refractivity contribution in [2.75, 3.05) is 11.9 Å². The van der Waals surface area contributed by atoms with Gasteiger partial charge < -0.3 is 20.7 Å². The van der Waals surface area contributed by atoms with E-state index in [1.54, 1.807) is 27.7 Å². The number of carbonyl (C=O) groups is 2. The van der Waals surface area contributed by atoms with Crippen molar-refractivity contribution in [2.24, 2.45) is 5.92 Å². The number of rotatable bonds is 8. The maximum Gasteiger partial charge on any atom is 0.408 e. The lowest BCUT2D eigenvalue weighted by molar-refractivity contribution is -0.158. The number of aromatic nitrogens is 2. The van der Waals surface area contributed by atoms with Gasteiger partial charge in [-0.2, -0.15) is 13.2 Å². The van der Waals surface area contributed by atoms with Crippen molar-refractivity contribution in [3.63, 3.8) is 0 Å². The molecule has 2 atom stereocenters. The molecule has 3 N–H and O–H groups in total. The summed E-state index contributed by atoms with van der Waals surface area (Å²) in [6.07, 6.45) is -4.35. The average molecular weight is 614 g/mol. The van der Waals surface area contributed by atoms with Gasteiger partial charge in [-0.1, -0.05) is 0 Å². The van der Waals surface area contributed by atoms with Crippen molar-refractivity contribution < 1.29 is 40.7 Å². The van der Waals surface area contributed by atoms with Gasteiger partial charge >= 0.3 is 12.3 Å². The second-order valence-corrected chi connectivity index (χ2v) is 11.3. The van der Waals surface area contributed by atoms with E-state index in [4.69, 9.17) is 4.74 Å². The monoisotopic (exact) mass is 613 g/mol. The molecule has 1 unspecified atom stereocenters. The fourth-order valence-corrected chi connectivity index (χ4v) is 4.33. The van der Waals surface area contributed by atoms with Gasteiger partial charge in [0.1, 0.15) is 34.5 Å². The van der Waals surface area contributed by atoms with E-state index in [-0.39, 0.29) is 36.2 Å². The van der Waals surface area contributed by atoms with Crippen LogP contribution in [0.2, 0.25) is 0 Å². The van der Waals surface area contributed by atoms with Crippen LogP contribution >= 0.6 is 0 Å². The number of benzene rings is 1. The minimum absolute atomic E-state index is 0.0736. The summed E-state index contributed by atoms with van der Waals surface area (Å²) in [5.41, 5.74) is -3.89. The zero-order chi connectivity index (χ0) is 31.9. The van der Waals surface area contributed by atoms with E-state index >= 15 is 0 Å². The third-order valence-electron chi connectivity index (χ3n) is 6.40. The van der Waals surface area contributed by atoms with Gasteiger partial charge in [-0.25, -0.2) is 22.9 Å². The highest BCUT2D eigenvalue weighted by Crippen LogP contribution is 2.40. The second kappa shape index (κ2) is 11.8. The van der Waals surface area contributed by atoms with Crippen LogP contribution in [0.25, 0.3) is 16.7 Å². The van der Waals surface area contributed by atoms with Gasteiger partial charge in [0.15, 0.2) is 17.3 Å². The molecular formula is C28H29F6N5O4. The first-order valence-electron chi connectivity index (χ1n) is 13.3. The number of amides is 2. The van der Waals surface area contributed by atoms with Gasteiger partial charge in [-0.05, 0) is 58.6 Å². The Bertz CT molecular complexity index is 1590. The summed E-state index contributed by atoms with van der Waals surface area (Å²) in [6.45, 7) is 6.81. The molecule has 43 heavy (non-hydrogen) atoms. The molecule has 4 rings (SSSR count). The summed E-state index contributed by atoms with van der Waals surface area (Å²) < 4.78 is 90.1. The summed E-state index contributed by atoms with van der Waals surface area (Å²) in [7, 11) is 0. The Morgan fingerprint density at radius 1 is 1.07 bits per heavy atom. The van der Waals surface area contributed by atoms with Crippen LogP contribution in [0.15, 0.2) is 35.3 Å². The van der Waals surface area contributed by atoms with Gasteiger partial charge in [0.2, 0.25) is 5.43 Å². The van der Waals surface area contributed by atoms with E-state index in [0.29, 0.717) is 22.9 Å². The third-order valence-corrected chi connectivity index (χ3v) is 6.40. The van der Waals surface area contributed by atoms with Crippen LogP contribution in [0.4, 0.5) is 37.0 Å². The molecule has 1 aliphatic carbocycles. The Hall–Kier alpha value is -4.30. The Labute approximate surface area is 241 Å². The van der Waals surface area contributed by atoms with Crippen LogP contribution in [-0.4, -0.2) is 52.0 Å². The third kappa shape index (κ3) is 7.56. The van der Waals surface area contributed by atoms with Crippen molar-refractivity contribution >= 4 is 28.9 Å². The summed E-state index contributed by atoms with van der Waals surface area (Å²) >= 11 is 0. The molecule has 0 radical (unpaired) electrons. The molecule has 9 nitrogen and oxygen atoms in total. The normalized spacial score (nSPS) is 15.1. The molecule has 0 aliphatic heterocycles. The fraction of sp³-hybridized carbons (Fsp3) is 0.429. The van der Waals surface area contributed by atoms with E-state index in [1.165, 1.54) is 12.1 Å². The molecule has 0 spiro atoms. The summed E-state index contributed by atoms with van der Waals surface area (Å²) in [5, 5.41) is 6.97. The van der Waals surface area contributed by atoms with Gasteiger partial charge in [0, 0.05) is 30.9 Å². The van der Waals surface area contributed by atoms with E-state index in [2.05, 4.69) is 15.6 Å². The number of alkyl carbamates (subject to hydrolysis) is 1. The number of nitrogens with zero attached hydrogens (tertiary/aromatic N) is 2. The number of hydrogen-bond donors (Lipinski definition) is 3. The predicted octanol–water partition coefficient (Wildman–Crippen LogP) is 5.20. The molecule has 1 saturated carbocycles. The molecule has 0 saturated heterocycles. The van der Waals surface area contributed by atoms with Crippen molar-refractivity contribution in [1.29, 1.82) is 0 Å². The van der Waals surface area contributed by atoms with Gasteiger partial charge in [0.25, 0.3) is 5.91 Å². The Morgan fingerprint density at radius 2 is 1.70 bits per heavy atom. The second-order valence-electron chi connectivity index (χ2n) is 11.3. The van der Waals surface area contributed by atoms with Crippen molar-refractivity contribution in [1.82, 2.24) is 20.2 Å². The standard InChI is InChI=1S/C28H29F6N5O4/c1-13(36-26(42)43-27(2,3)4)11-35-20-8-7-16-22(40)17(25(41)38-23(14-5-6-14)28(32,33)34)12-39(24(16)37-20)21-18(30)9-15(29)10-19(21)31/h7-10,12-14,23H,5-6,11H2,1-4H3,(H,35,37)(H,36,42)(H,38,41)/t13-,23?/m1/s1. The maximum absolute atomic E-state index is 14.9. The zero-order valence-electron chi connectivity index (χ0n) is 23.5. The quantitative estimate of drug-likeness (QED) is 0.301. The van der Waals surface area contributed by atoms with E-state index < -0.39 is 75.9 Å². The number of halogens is 6. The topological polar surface area (TPSA) is 114 Å². The number of fused-ring (bicyclic) bond motifs is 1. The van der Waals surface area contributed by atoms with Crippen LogP contribution in [0.1, 0.15) is 50.9 Å². The maximum atomic E-state index is 14.9. The Morgan fingerprint density at radius 3 is 2.26 bits per heavy atom. The summed E-state index contributed by atoms with van der Waals surface area (Å²) in [5.74, 6) is -6.28. The first-order chi connectivity index (χ1) is 19.9. The van der Waals surface area contributed by atoms with Gasteiger partial charge in [-0.15, -0.1) is 0 Å². The zero-order valence-corrected chi connectivity index (χ0v) is 23.5. The SMILES string of the molecule is C[C@H](CNc1ccc2c(=O)c(C(=O)NC(C3CC3)C(F)(F)F)cn(-c3c(F)cc(F)cc3F)c2n1)NC(=O)OC(C)(C)C. The molecule has 1 aliphatic rings. The lowest BCUT2D eigenvalue weighted by atomic mass is 10.1. The van der Waals surface area contributed by atoms with Crippen LogP contribution in [-0.2, 0) is 4.74 Å². The number of alkyl halides is 3. The van der Waals surface area contributed by atoms with Crippen LogP contribution < -0.4 is 21.4 Å². The smallest absolute Gasteiger partial charge is 0.408 e. The lowest BCUT2D eigenvalue weighted by Gasteiger charge is -2.22. The first-order valence-corrected chi connectivity index (χ1v) is 13.3. The molecule has 232 valence electrons. The summed E-state index contributed by atoms with van der Waals surface area (Å²) in [4.78, 5) is 42.5. The van der Waals surface area contributed by atoms with E-state index in [0.717, 1.165) is 0 Å². The highest BCUT2D eigenvalue weighted by molar-refractivity contribution is 5.97. The van der Waals surface area contributed by atoms with Crippen LogP contribution in [0.5, 0.6) is 0 Å². The average Bonchev–Trinajstić information content (AvgIpc) is 3.69. The predicted molar refractivity (Wildman–Crippen MR) is 145 cm³/mol. The van der Waals surface area contributed by atoms with Crippen molar-refractivity contribution in [2.45, 2.75) is 64.4 Å². The Balaban J connectivity index is 1.73. The minimum atomic E-state index is -4.79. The lowest BCUT2D eigenvalue weighted by Crippen LogP contribution is -2.48. The number of anilines is 1. The molecule has 2 aromatic heterocycles. The number of hydrogen-bond acceptors (Lipinski definition) is 6. The van der Waals surface area contributed by atoms with Gasteiger partial charge in [-0.3, -0.25) is 14.2 Å². The molecule has 0 bridgehead atoms. The van der Waals surface area contributed by atoms with Gasteiger partial charge in [0.05, 0.1) is 5.39 Å². The fourth-order valence-electron chi connectivity index (χ4n) is 4.33. The largest absolute Gasteiger partial charge is 0.444 e. The molecule has 2 heterocycles.